The lowest BCUT2D eigenvalue weighted by Crippen LogP contribution is -2.19. The lowest BCUT2D eigenvalue weighted by molar-refractivity contribution is 0.103. The number of anilines is 1. The van der Waals surface area contributed by atoms with Gasteiger partial charge in [-0.2, -0.15) is 10.4 Å². The van der Waals surface area contributed by atoms with Crippen LogP contribution in [0.1, 0.15) is 39.4 Å². The van der Waals surface area contributed by atoms with E-state index in [0.717, 1.165) is 24.4 Å². The van der Waals surface area contributed by atoms with Gasteiger partial charge in [0.05, 0.1) is 12.2 Å². The average molecular weight is 486 g/mol. The molecule has 2 aromatic heterocycles. The van der Waals surface area contributed by atoms with Gasteiger partial charge in [-0.1, -0.05) is 41.4 Å². The van der Waals surface area contributed by atoms with Crippen LogP contribution in [0, 0.1) is 18.3 Å². The third-order valence-electron chi connectivity index (χ3n) is 5.32. The first kappa shape index (κ1) is 24.1. The SMILES string of the molecule is Cc1ccc(C(=O)c2nn(-c3ccc(Cl)cc3)c(NCCCNCc3ncccn3)c2C#N)cc1. The van der Waals surface area contributed by atoms with Crippen molar-refractivity contribution in [3.05, 3.63) is 100 Å². The van der Waals surface area contributed by atoms with Gasteiger partial charge in [0.1, 0.15) is 23.3 Å². The zero-order valence-corrected chi connectivity index (χ0v) is 20.0. The molecular formula is C26H24ClN7O. The van der Waals surface area contributed by atoms with Crippen LogP contribution in [-0.2, 0) is 6.54 Å². The molecule has 2 aromatic carbocycles. The van der Waals surface area contributed by atoms with E-state index in [1.807, 2.05) is 19.1 Å². The Labute approximate surface area is 208 Å². The maximum Gasteiger partial charge on any atom is 0.214 e. The fraction of sp³-hybridized carbons (Fsp3) is 0.192. The van der Waals surface area contributed by atoms with Crippen molar-refractivity contribution in [2.75, 3.05) is 18.4 Å². The first-order chi connectivity index (χ1) is 17.1. The second-order valence-corrected chi connectivity index (χ2v) is 8.33. The lowest BCUT2D eigenvalue weighted by atomic mass is 10.0. The summed E-state index contributed by atoms with van der Waals surface area (Å²) >= 11 is 6.05. The molecule has 0 spiro atoms. The number of nitrogens with one attached hydrogen (secondary N) is 2. The summed E-state index contributed by atoms with van der Waals surface area (Å²) < 4.78 is 1.58. The van der Waals surface area contributed by atoms with Crippen molar-refractivity contribution in [2.24, 2.45) is 0 Å². The van der Waals surface area contributed by atoms with E-state index in [2.05, 4.69) is 31.8 Å². The molecule has 9 heteroatoms. The first-order valence-corrected chi connectivity index (χ1v) is 11.6. The number of halogens is 1. The van der Waals surface area contributed by atoms with Crippen molar-refractivity contribution in [2.45, 2.75) is 19.9 Å². The Bertz CT molecular complexity index is 1330. The molecule has 4 rings (SSSR count). The summed E-state index contributed by atoms with van der Waals surface area (Å²) in [5.41, 5.74) is 2.52. The summed E-state index contributed by atoms with van der Waals surface area (Å²) in [4.78, 5) is 21.6. The minimum atomic E-state index is -0.304. The van der Waals surface area contributed by atoms with Crippen LogP contribution in [0.15, 0.2) is 67.0 Å². The number of benzene rings is 2. The molecule has 0 aliphatic rings. The van der Waals surface area contributed by atoms with Gasteiger partial charge in [-0.25, -0.2) is 14.6 Å². The average Bonchev–Trinajstić information content (AvgIpc) is 3.25. The molecule has 4 aromatic rings. The molecule has 0 aliphatic heterocycles. The highest BCUT2D eigenvalue weighted by Crippen LogP contribution is 2.26. The number of hydrogen-bond donors (Lipinski definition) is 2. The lowest BCUT2D eigenvalue weighted by Gasteiger charge is -2.11. The van der Waals surface area contributed by atoms with Crippen molar-refractivity contribution in [1.29, 1.82) is 5.26 Å². The molecule has 2 N–H and O–H groups in total. The van der Waals surface area contributed by atoms with Crippen molar-refractivity contribution < 1.29 is 4.79 Å². The summed E-state index contributed by atoms with van der Waals surface area (Å²) in [6.07, 6.45) is 4.19. The largest absolute Gasteiger partial charge is 0.369 e. The molecule has 0 atom stereocenters. The monoisotopic (exact) mass is 485 g/mol. The zero-order valence-electron chi connectivity index (χ0n) is 19.2. The van der Waals surface area contributed by atoms with Crippen LogP contribution in [0.4, 0.5) is 5.82 Å². The van der Waals surface area contributed by atoms with Gasteiger partial charge in [0.15, 0.2) is 5.69 Å². The molecule has 0 radical (unpaired) electrons. The van der Waals surface area contributed by atoms with Crippen LogP contribution < -0.4 is 10.6 Å². The molecule has 0 unspecified atom stereocenters. The maximum atomic E-state index is 13.2. The topological polar surface area (TPSA) is 109 Å². The summed E-state index contributed by atoms with van der Waals surface area (Å²) in [7, 11) is 0. The number of ketones is 1. The summed E-state index contributed by atoms with van der Waals surface area (Å²) in [5, 5.41) is 21.7. The number of carbonyl (C=O) groups is 1. The van der Waals surface area contributed by atoms with Gasteiger partial charge < -0.3 is 10.6 Å². The van der Waals surface area contributed by atoms with Crippen LogP contribution in [0.3, 0.4) is 0 Å². The normalized spacial score (nSPS) is 10.7. The van der Waals surface area contributed by atoms with Gasteiger partial charge in [-0.15, -0.1) is 0 Å². The van der Waals surface area contributed by atoms with Crippen LogP contribution in [0.25, 0.3) is 5.69 Å². The van der Waals surface area contributed by atoms with E-state index in [4.69, 9.17) is 11.6 Å². The molecule has 0 saturated heterocycles. The Morgan fingerprint density at radius 1 is 1.06 bits per heavy atom. The summed E-state index contributed by atoms with van der Waals surface area (Å²) in [6, 6.07) is 18.2. The Hall–Kier alpha value is -4.06. The fourth-order valence-corrected chi connectivity index (χ4v) is 3.62. The Morgan fingerprint density at radius 3 is 2.46 bits per heavy atom. The number of aryl methyl sites for hydroxylation is 1. The Morgan fingerprint density at radius 2 is 1.77 bits per heavy atom. The highest BCUT2D eigenvalue weighted by Gasteiger charge is 2.25. The molecule has 0 saturated carbocycles. The molecule has 176 valence electrons. The minimum Gasteiger partial charge on any atom is -0.369 e. The molecule has 0 aliphatic carbocycles. The van der Waals surface area contributed by atoms with Crippen LogP contribution in [0.2, 0.25) is 5.02 Å². The van der Waals surface area contributed by atoms with E-state index >= 15 is 0 Å². The Balaban J connectivity index is 1.54. The number of rotatable bonds is 10. The molecule has 8 nitrogen and oxygen atoms in total. The van der Waals surface area contributed by atoms with E-state index in [1.54, 1.807) is 59.5 Å². The third-order valence-corrected chi connectivity index (χ3v) is 5.57. The maximum absolute atomic E-state index is 13.2. The van der Waals surface area contributed by atoms with E-state index in [-0.39, 0.29) is 17.0 Å². The van der Waals surface area contributed by atoms with E-state index in [1.165, 1.54) is 0 Å². The van der Waals surface area contributed by atoms with Gasteiger partial charge in [0, 0.05) is 29.5 Å². The molecule has 0 fully saturated rings. The van der Waals surface area contributed by atoms with E-state index < -0.39 is 0 Å². The van der Waals surface area contributed by atoms with Crippen molar-refractivity contribution in [1.82, 2.24) is 25.1 Å². The molecule has 0 amide bonds. The van der Waals surface area contributed by atoms with E-state index in [0.29, 0.717) is 35.2 Å². The van der Waals surface area contributed by atoms with Crippen LogP contribution in [-0.4, -0.2) is 38.6 Å². The van der Waals surface area contributed by atoms with Crippen LogP contribution in [0.5, 0.6) is 0 Å². The predicted molar refractivity (Wildman–Crippen MR) is 135 cm³/mol. The second kappa shape index (κ2) is 11.4. The van der Waals surface area contributed by atoms with Gasteiger partial charge in [-0.05, 0) is 50.2 Å². The standard InChI is InChI=1S/C26H24ClN7O/c1-18-4-6-19(7-5-18)25(35)24-22(16-28)26(34(33-24)21-10-8-20(27)9-11-21)32-15-2-12-29-17-23-30-13-3-14-31-23/h3-11,13-14,29,32H,2,12,15,17H2,1H3. The van der Waals surface area contributed by atoms with Gasteiger partial charge in [-0.3, -0.25) is 4.79 Å². The minimum absolute atomic E-state index is 0.105. The number of nitriles is 1. The molecule has 2 heterocycles. The number of aromatic nitrogens is 4. The van der Waals surface area contributed by atoms with Crippen molar-refractivity contribution in [3.8, 4) is 11.8 Å². The molecule has 35 heavy (non-hydrogen) atoms. The smallest absolute Gasteiger partial charge is 0.214 e. The first-order valence-electron chi connectivity index (χ1n) is 11.2. The summed E-state index contributed by atoms with van der Waals surface area (Å²) in [6.45, 7) is 3.81. The Kier molecular flexibility index (Phi) is 7.83. The van der Waals surface area contributed by atoms with Gasteiger partial charge in [0.25, 0.3) is 0 Å². The summed E-state index contributed by atoms with van der Waals surface area (Å²) in [5.74, 6) is 0.894. The van der Waals surface area contributed by atoms with Crippen molar-refractivity contribution in [3.63, 3.8) is 0 Å². The predicted octanol–water partition coefficient (Wildman–Crippen LogP) is 4.32. The number of carbonyl (C=O) groups excluding carboxylic acids is 1. The van der Waals surface area contributed by atoms with Crippen molar-refractivity contribution >= 4 is 23.2 Å². The molecule has 0 bridgehead atoms. The zero-order chi connectivity index (χ0) is 24.6. The third kappa shape index (κ3) is 5.90. The highest BCUT2D eigenvalue weighted by molar-refractivity contribution is 6.30. The quantitative estimate of drug-likeness (QED) is 0.254. The fourth-order valence-electron chi connectivity index (χ4n) is 3.50. The van der Waals surface area contributed by atoms with Crippen LogP contribution >= 0.6 is 11.6 Å². The highest BCUT2D eigenvalue weighted by atomic mass is 35.5. The van der Waals surface area contributed by atoms with E-state index in [9.17, 15) is 10.1 Å². The second-order valence-electron chi connectivity index (χ2n) is 7.89. The van der Waals surface area contributed by atoms with Gasteiger partial charge in [0.2, 0.25) is 5.78 Å². The number of nitrogens with zero attached hydrogens (tertiary/aromatic N) is 5. The number of hydrogen-bond acceptors (Lipinski definition) is 7. The van der Waals surface area contributed by atoms with Gasteiger partial charge >= 0.3 is 0 Å². The molecular weight excluding hydrogens is 462 g/mol.